The fourth-order valence-corrected chi connectivity index (χ4v) is 3.00. The summed E-state index contributed by atoms with van der Waals surface area (Å²) >= 11 is 0. The summed E-state index contributed by atoms with van der Waals surface area (Å²) in [7, 11) is 1.60. The Morgan fingerprint density at radius 3 is 2.56 bits per heavy atom. The second kappa shape index (κ2) is 8.08. The van der Waals surface area contributed by atoms with Crippen LogP contribution in [0.15, 0.2) is 51.7 Å². The van der Waals surface area contributed by atoms with Gasteiger partial charge in [0.05, 0.1) is 7.11 Å². The Morgan fingerprint density at radius 2 is 1.89 bits per heavy atom. The second-order valence-electron chi connectivity index (χ2n) is 6.43. The van der Waals surface area contributed by atoms with E-state index in [1.54, 1.807) is 31.4 Å². The van der Waals surface area contributed by atoms with Gasteiger partial charge in [-0.05, 0) is 55.8 Å². The van der Waals surface area contributed by atoms with Gasteiger partial charge in [-0.1, -0.05) is 6.92 Å². The molecule has 0 fully saturated rings. The van der Waals surface area contributed by atoms with Gasteiger partial charge in [-0.15, -0.1) is 0 Å². The molecule has 3 aromatic rings. The largest absolute Gasteiger partial charge is 0.497 e. The molecule has 1 aromatic carbocycles. The Kier molecular flexibility index (Phi) is 5.60. The third kappa shape index (κ3) is 4.19. The van der Waals surface area contributed by atoms with Crippen molar-refractivity contribution in [2.24, 2.45) is 0 Å². The van der Waals surface area contributed by atoms with Gasteiger partial charge in [-0.3, -0.25) is 9.59 Å². The number of H-pyrrole nitrogens is 1. The number of Topliss-reactive ketones (excluding diaryl/α,β-unsaturated/α-hetero) is 1. The normalized spacial score (nSPS) is 10.8. The molecule has 0 radical (unpaired) electrons. The zero-order chi connectivity index (χ0) is 19.4. The molecule has 0 saturated carbocycles. The molecule has 5 heteroatoms. The topological polar surface area (TPSA) is 72.3 Å². The van der Waals surface area contributed by atoms with Gasteiger partial charge < -0.3 is 14.1 Å². The van der Waals surface area contributed by atoms with E-state index in [1.165, 1.54) is 0 Å². The Balaban J connectivity index is 1.71. The highest BCUT2D eigenvalue weighted by Gasteiger charge is 2.12. The monoisotopic (exact) mass is 365 g/mol. The van der Waals surface area contributed by atoms with E-state index >= 15 is 0 Å². The van der Waals surface area contributed by atoms with Crippen molar-refractivity contribution in [3.63, 3.8) is 0 Å². The van der Waals surface area contributed by atoms with Crippen molar-refractivity contribution in [1.82, 2.24) is 4.98 Å². The summed E-state index contributed by atoms with van der Waals surface area (Å²) < 4.78 is 11.0. The highest BCUT2D eigenvalue weighted by molar-refractivity contribution is 5.96. The van der Waals surface area contributed by atoms with E-state index in [9.17, 15) is 9.59 Å². The van der Waals surface area contributed by atoms with E-state index in [4.69, 9.17) is 9.15 Å². The van der Waals surface area contributed by atoms with Gasteiger partial charge in [-0.2, -0.15) is 0 Å². The summed E-state index contributed by atoms with van der Waals surface area (Å²) in [6.07, 6.45) is 1.55. The fourth-order valence-electron chi connectivity index (χ4n) is 3.00. The number of aromatic nitrogens is 1. The highest BCUT2D eigenvalue weighted by atomic mass is 16.5. The number of pyridine rings is 1. The quantitative estimate of drug-likeness (QED) is 0.633. The van der Waals surface area contributed by atoms with Gasteiger partial charge in [0.25, 0.3) is 5.56 Å². The van der Waals surface area contributed by atoms with E-state index < -0.39 is 0 Å². The van der Waals surface area contributed by atoms with Crippen molar-refractivity contribution in [3.8, 4) is 17.1 Å². The SMILES string of the molecule is CCc1cc(-c2ccc(CCC(=O)c3ccc(OC)cc3)o2)c(C)[nH]c1=O. The van der Waals surface area contributed by atoms with Crippen LogP contribution in [0.5, 0.6) is 5.75 Å². The molecular weight excluding hydrogens is 342 g/mol. The summed E-state index contributed by atoms with van der Waals surface area (Å²) in [6, 6.07) is 12.7. The van der Waals surface area contributed by atoms with E-state index in [2.05, 4.69) is 4.98 Å². The van der Waals surface area contributed by atoms with Crippen molar-refractivity contribution in [1.29, 1.82) is 0 Å². The maximum Gasteiger partial charge on any atom is 0.251 e. The number of nitrogens with one attached hydrogen (secondary N) is 1. The summed E-state index contributed by atoms with van der Waals surface area (Å²) in [5, 5.41) is 0. The summed E-state index contributed by atoms with van der Waals surface area (Å²) in [5.74, 6) is 2.23. The van der Waals surface area contributed by atoms with Gasteiger partial charge in [0.1, 0.15) is 17.3 Å². The molecule has 3 rings (SSSR count). The number of rotatable bonds is 7. The lowest BCUT2D eigenvalue weighted by Crippen LogP contribution is -2.13. The van der Waals surface area contributed by atoms with Crippen LogP contribution in [0, 0.1) is 6.92 Å². The first-order valence-corrected chi connectivity index (χ1v) is 9.01. The summed E-state index contributed by atoms with van der Waals surface area (Å²) in [4.78, 5) is 27.1. The molecule has 0 bridgehead atoms. The summed E-state index contributed by atoms with van der Waals surface area (Å²) in [5.41, 5.74) is 2.97. The van der Waals surface area contributed by atoms with E-state index in [0.717, 1.165) is 28.3 Å². The number of benzene rings is 1. The second-order valence-corrected chi connectivity index (χ2v) is 6.43. The number of hydrogen-bond donors (Lipinski definition) is 1. The number of hydrogen-bond acceptors (Lipinski definition) is 4. The lowest BCUT2D eigenvalue weighted by atomic mass is 10.1. The van der Waals surface area contributed by atoms with Gasteiger partial charge >= 0.3 is 0 Å². The zero-order valence-electron chi connectivity index (χ0n) is 15.8. The number of methoxy groups -OCH3 is 1. The fraction of sp³-hybridized carbons (Fsp3) is 0.273. The molecule has 2 aromatic heterocycles. The van der Waals surface area contributed by atoms with Crippen molar-refractivity contribution < 1.29 is 13.9 Å². The lowest BCUT2D eigenvalue weighted by Gasteiger charge is -2.05. The highest BCUT2D eigenvalue weighted by Crippen LogP contribution is 2.25. The van der Waals surface area contributed by atoms with Crippen molar-refractivity contribution >= 4 is 5.78 Å². The van der Waals surface area contributed by atoms with Crippen LogP contribution < -0.4 is 10.3 Å². The maximum atomic E-state index is 12.3. The molecule has 0 aliphatic carbocycles. The van der Waals surface area contributed by atoms with Crippen molar-refractivity contribution in [2.75, 3.05) is 7.11 Å². The van der Waals surface area contributed by atoms with Crippen molar-refractivity contribution in [3.05, 3.63) is 75.4 Å². The predicted octanol–water partition coefficient (Wildman–Crippen LogP) is 4.33. The molecule has 0 unspecified atom stereocenters. The number of carbonyl (C=O) groups excluding carboxylic acids is 1. The maximum absolute atomic E-state index is 12.3. The van der Waals surface area contributed by atoms with Gasteiger partial charge in [0, 0.05) is 35.2 Å². The Bertz CT molecular complexity index is 996. The molecule has 140 valence electrons. The van der Waals surface area contributed by atoms with Crippen LogP contribution in [-0.4, -0.2) is 17.9 Å². The standard InChI is InChI=1S/C22H23NO4/c1-4-15-13-19(14(2)23-22(15)25)21-12-10-18(27-21)9-11-20(24)16-5-7-17(26-3)8-6-16/h5-8,10,12-13H,4,9,11H2,1-3H3,(H,23,25). The minimum absolute atomic E-state index is 0.0593. The van der Waals surface area contributed by atoms with Gasteiger partial charge in [0.2, 0.25) is 0 Å². The first kappa shape index (κ1) is 18.7. The number of ether oxygens (including phenoxy) is 1. The number of ketones is 1. The average molecular weight is 365 g/mol. The molecular formula is C22H23NO4. The number of aromatic amines is 1. The molecule has 0 atom stereocenters. The summed E-state index contributed by atoms with van der Waals surface area (Å²) in [6.45, 7) is 3.80. The predicted molar refractivity (Wildman–Crippen MR) is 105 cm³/mol. The number of aryl methyl sites for hydroxylation is 3. The van der Waals surface area contributed by atoms with Crippen LogP contribution in [0.1, 0.15) is 40.7 Å². The molecule has 0 spiro atoms. The smallest absolute Gasteiger partial charge is 0.251 e. The molecule has 0 aliphatic heterocycles. The molecule has 2 heterocycles. The van der Waals surface area contributed by atoms with E-state index in [-0.39, 0.29) is 11.3 Å². The number of furan rings is 1. The van der Waals surface area contributed by atoms with Gasteiger partial charge in [0.15, 0.2) is 5.78 Å². The number of carbonyl (C=O) groups is 1. The average Bonchev–Trinajstić information content (AvgIpc) is 3.15. The lowest BCUT2D eigenvalue weighted by molar-refractivity contribution is 0.0981. The van der Waals surface area contributed by atoms with E-state index in [1.807, 2.05) is 32.0 Å². The Labute approximate surface area is 158 Å². The Morgan fingerprint density at radius 1 is 1.15 bits per heavy atom. The van der Waals surface area contributed by atoms with Crippen LogP contribution in [0.2, 0.25) is 0 Å². The van der Waals surface area contributed by atoms with Crippen LogP contribution >= 0.6 is 0 Å². The Hall–Kier alpha value is -3.08. The minimum atomic E-state index is -0.0596. The molecule has 5 nitrogen and oxygen atoms in total. The molecule has 0 aliphatic rings. The molecule has 27 heavy (non-hydrogen) atoms. The first-order valence-electron chi connectivity index (χ1n) is 9.01. The van der Waals surface area contributed by atoms with Crippen LogP contribution in [0.4, 0.5) is 0 Å². The van der Waals surface area contributed by atoms with E-state index in [0.29, 0.717) is 30.6 Å². The van der Waals surface area contributed by atoms with Crippen molar-refractivity contribution in [2.45, 2.75) is 33.1 Å². The van der Waals surface area contributed by atoms with Crippen LogP contribution in [0.3, 0.4) is 0 Å². The first-order chi connectivity index (χ1) is 13.0. The van der Waals surface area contributed by atoms with Crippen LogP contribution in [-0.2, 0) is 12.8 Å². The van der Waals surface area contributed by atoms with Crippen LogP contribution in [0.25, 0.3) is 11.3 Å². The van der Waals surface area contributed by atoms with Gasteiger partial charge in [-0.25, -0.2) is 0 Å². The minimum Gasteiger partial charge on any atom is -0.497 e. The molecule has 1 N–H and O–H groups in total. The third-order valence-corrected chi connectivity index (χ3v) is 4.63. The zero-order valence-corrected chi connectivity index (χ0v) is 15.8. The molecule has 0 saturated heterocycles. The third-order valence-electron chi connectivity index (χ3n) is 4.63. The molecule has 0 amide bonds.